The molecule has 4 aliphatic rings. The summed E-state index contributed by atoms with van der Waals surface area (Å²) in [6, 6.07) is 10.6. The van der Waals surface area contributed by atoms with E-state index in [0.717, 1.165) is 36.3 Å². The molecule has 3 N–H and O–H groups in total. The Balaban J connectivity index is 1.50. The van der Waals surface area contributed by atoms with E-state index < -0.39 is 45.4 Å². The topological polar surface area (TPSA) is 145 Å². The van der Waals surface area contributed by atoms with Gasteiger partial charge in [-0.2, -0.15) is 0 Å². The van der Waals surface area contributed by atoms with Gasteiger partial charge in [0.2, 0.25) is 0 Å². The number of aliphatic hydroxyl groups excluding tert-OH is 1. The highest BCUT2D eigenvalue weighted by atomic mass is 16.6. The molecule has 0 radical (unpaired) electrons. The van der Waals surface area contributed by atoms with Crippen molar-refractivity contribution in [3.63, 3.8) is 0 Å². The maximum atomic E-state index is 13.3. The summed E-state index contributed by atoms with van der Waals surface area (Å²) in [5, 5.41) is 37.0. The lowest BCUT2D eigenvalue weighted by atomic mass is 9.47. The molecule has 0 bridgehead atoms. The average Bonchev–Trinajstić information content (AvgIpc) is 3.50. The van der Waals surface area contributed by atoms with Crippen LogP contribution in [0.2, 0.25) is 0 Å². The van der Waals surface area contributed by atoms with Crippen LogP contribution < -0.4 is 10.2 Å². The highest BCUT2D eigenvalue weighted by molar-refractivity contribution is 5.94. The van der Waals surface area contributed by atoms with Crippen LogP contribution >= 0.6 is 0 Å². The molecule has 1 aliphatic carbocycles. The number of fused-ring (bicyclic) bond motifs is 1. The Kier molecular flexibility index (Phi) is 6.67. The number of esters is 1. The molecule has 6 atom stereocenters. The minimum atomic E-state index is -1.74. The monoisotopic (exact) mass is 576 g/mol. The number of ether oxygens (including phenoxy) is 1. The van der Waals surface area contributed by atoms with Gasteiger partial charge in [-0.1, -0.05) is 31.2 Å². The Hall–Kier alpha value is -3.80. The van der Waals surface area contributed by atoms with E-state index in [1.807, 2.05) is 31.0 Å². The van der Waals surface area contributed by atoms with E-state index in [1.54, 1.807) is 0 Å². The van der Waals surface area contributed by atoms with Gasteiger partial charge in [-0.05, 0) is 48.7 Å². The van der Waals surface area contributed by atoms with Gasteiger partial charge >= 0.3 is 5.97 Å². The fraction of sp³-hybridized carbons (Fsp3) is 0.484. The Morgan fingerprint density at radius 3 is 2.57 bits per heavy atom. The molecule has 3 heterocycles. The van der Waals surface area contributed by atoms with Crippen molar-refractivity contribution in [3.8, 4) is 0 Å². The van der Waals surface area contributed by atoms with E-state index in [0.29, 0.717) is 6.42 Å². The van der Waals surface area contributed by atoms with Crippen molar-refractivity contribution in [2.45, 2.75) is 62.5 Å². The third-order valence-electron chi connectivity index (χ3n) is 10.1. The molecule has 1 unspecified atom stereocenters. The first-order valence-electron chi connectivity index (χ1n) is 14.3. The van der Waals surface area contributed by atoms with Crippen LogP contribution in [0.4, 0.5) is 11.4 Å². The first-order valence-corrected chi connectivity index (χ1v) is 14.3. The van der Waals surface area contributed by atoms with Crippen molar-refractivity contribution in [2.75, 3.05) is 31.6 Å². The molecule has 222 valence electrons. The van der Waals surface area contributed by atoms with E-state index in [9.17, 15) is 29.9 Å². The van der Waals surface area contributed by atoms with Crippen molar-refractivity contribution in [2.24, 2.45) is 5.41 Å². The van der Waals surface area contributed by atoms with Gasteiger partial charge in [0.15, 0.2) is 0 Å². The Labute approximate surface area is 243 Å². The summed E-state index contributed by atoms with van der Waals surface area (Å²) in [4.78, 5) is 41.0. The molecule has 42 heavy (non-hydrogen) atoms. The van der Waals surface area contributed by atoms with E-state index in [2.05, 4.69) is 28.4 Å². The lowest BCUT2D eigenvalue weighted by Crippen LogP contribution is -2.81. The number of hydrogen-bond acceptors (Lipinski definition) is 9. The highest BCUT2D eigenvalue weighted by Crippen LogP contribution is 2.67. The number of aliphatic hydroxyl groups is 2. The predicted octanol–water partition coefficient (Wildman–Crippen LogP) is 2.29. The Morgan fingerprint density at radius 2 is 1.93 bits per heavy atom. The summed E-state index contributed by atoms with van der Waals surface area (Å²) in [6.07, 6.45) is 4.55. The zero-order valence-corrected chi connectivity index (χ0v) is 23.9. The van der Waals surface area contributed by atoms with Gasteiger partial charge in [-0.3, -0.25) is 24.6 Å². The molecule has 1 spiro atoms. The summed E-state index contributed by atoms with van der Waals surface area (Å²) in [6.45, 7) is 4.57. The number of benzene rings is 2. The number of nitro benzene ring substituents is 1. The van der Waals surface area contributed by atoms with E-state index >= 15 is 0 Å². The normalized spacial score (nSPS) is 32.6. The molecule has 11 heteroatoms. The second-order valence-electron chi connectivity index (χ2n) is 12.0. The van der Waals surface area contributed by atoms with Crippen LogP contribution in [0.3, 0.4) is 0 Å². The molecule has 1 saturated heterocycles. The Morgan fingerprint density at radius 1 is 1.19 bits per heavy atom. The number of hydrogen-bond donors (Lipinski definition) is 3. The first-order chi connectivity index (χ1) is 20.0. The Bertz CT molecular complexity index is 1480. The minimum absolute atomic E-state index is 0.0799. The summed E-state index contributed by atoms with van der Waals surface area (Å²) in [5.74, 6) is -1.03. The number of nitrogens with one attached hydrogen (secondary N) is 1. The van der Waals surface area contributed by atoms with Crippen LogP contribution in [0.1, 0.15) is 48.2 Å². The molecule has 2 aromatic rings. The van der Waals surface area contributed by atoms with Gasteiger partial charge in [0.25, 0.3) is 11.6 Å². The predicted molar refractivity (Wildman–Crippen MR) is 154 cm³/mol. The third kappa shape index (κ3) is 3.76. The smallest absolute Gasteiger partial charge is 0.303 e. The molecule has 6 rings (SSSR count). The second kappa shape index (κ2) is 9.89. The molecule has 1 amide bonds. The molecular formula is C31H36N4O7. The zero-order chi connectivity index (χ0) is 30.0. The number of amides is 1. The average molecular weight is 577 g/mol. The molecule has 3 aliphatic heterocycles. The fourth-order valence-electron chi connectivity index (χ4n) is 8.74. The number of nitrogens with zero attached hydrogens (tertiary/aromatic N) is 3. The zero-order valence-electron chi connectivity index (χ0n) is 23.9. The van der Waals surface area contributed by atoms with Gasteiger partial charge in [-0.15, -0.1) is 0 Å². The van der Waals surface area contributed by atoms with Crippen molar-refractivity contribution >= 4 is 23.3 Å². The molecule has 1 saturated carbocycles. The van der Waals surface area contributed by atoms with E-state index in [4.69, 9.17) is 4.74 Å². The number of nitro groups is 1. The van der Waals surface area contributed by atoms with Crippen molar-refractivity contribution < 1.29 is 29.5 Å². The fourth-order valence-corrected chi connectivity index (χ4v) is 8.74. The van der Waals surface area contributed by atoms with Gasteiger partial charge in [-0.25, -0.2) is 0 Å². The standard InChI is InChI=1S/C31H36N4O7/c1-4-29-12-5-14-34-15-13-30(26(29)34)23-11-6-20(17-36)16-24(23)33(3)27(30)31(39,28(29)42-19(2)37)18-32-25(38)21-7-9-22(10-8-21)35(40)41/h5-12,16,26-28,36,39H,4,13-15,17-18H2,1-3H3,(H,32,38)/t26-,27+,28+,29+,30+,31?/m0/s1. The number of likely N-dealkylation sites (N-methyl/N-ethyl adjacent to an activating group) is 1. The maximum Gasteiger partial charge on any atom is 0.303 e. The number of rotatable bonds is 7. The van der Waals surface area contributed by atoms with Crippen LogP contribution in [0.15, 0.2) is 54.6 Å². The van der Waals surface area contributed by atoms with Crippen LogP contribution in [0, 0.1) is 15.5 Å². The van der Waals surface area contributed by atoms with Gasteiger partial charge < -0.3 is 25.2 Å². The van der Waals surface area contributed by atoms with Crippen LogP contribution in [-0.2, 0) is 21.6 Å². The van der Waals surface area contributed by atoms with Gasteiger partial charge in [0.1, 0.15) is 11.7 Å². The van der Waals surface area contributed by atoms with Crippen LogP contribution in [0.5, 0.6) is 0 Å². The third-order valence-corrected chi connectivity index (χ3v) is 10.1. The summed E-state index contributed by atoms with van der Waals surface area (Å²) in [5.41, 5.74) is -0.230. The van der Waals surface area contributed by atoms with Crippen LogP contribution in [-0.4, -0.2) is 82.4 Å². The SMILES string of the molecule is CC[C@]12C=CCN3CC[C@@]4(c5ccc(CO)cc5N(C)[C@H]4C(O)(CNC(=O)c4ccc([N+](=O)[O-])cc4)[C@@H]1OC(C)=O)[C@@H]32. The van der Waals surface area contributed by atoms with E-state index in [1.165, 1.54) is 31.2 Å². The lowest BCUT2D eigenvalue weighted by Gasteiger charge is -2.64. The van der Waals surface area contributed by atoms with Crippen molar-refractivity contribution in [1.82, 2.24) is 10.2 Å². The summed E-state index contributed by atoms with van der Waals surface area (Å²) >= 11 is 0. The number of carbonyl (C=O) groups is 2. The van der Waals surface area contributed by atoms with Crippen molar-refractivity contribution in [3.05, 3.63) is 81.4 Å². The lowest BCUT2D eigenvalue weighted by molar-refractivity contribution is -0.384. The molecule has 2 aromatic carbocycles. The highest BCUT2D eigenvalue weighted by Gasteiger charge is 2.77. The molecule has 2 fully saturated rings. The summed E-state index contributed by atoms with van der Waals surface area (Å²) in [7, 11) is 1.91. The van der Waals surface area contributed by atoms with Crippen molar-refractivity contribution in [1.29, 1.82) is 0 Å². The first kappa shape index (κ1) is 28.3. The quantitative estimate of drug-likeness (QED) is 0.196. The van der Waals surface area contributed by atoms with Gasteiger partial charge in [0, 0.05) is 60.8 Å². The molecular weight excluding hydrogens is 540 g/mol. The molecule has 0 aromatic heterocycles. The summed E-state index contributed by atoms with van der Waals surface area (Å²) < 4.78 is 6.11. The van der Waals surface area contributed by atoms with Gasteiger partial charge in [0.05, 0.1) is 24.1 Å². The maximum absolute atomic E-state index is 13.3. The second-order valence-corrected chi connectivity index (χ2v) is 12.0. The number of carbonyl (C=O) groups excluding carboxylic acids is 2. The largest absolute Gasteiger partial charge is 0.458 e. The van der Waals surface area contributed by atoms with Crippen LogP contribution in [0.25, 0.3) is 0 Å². The van der Waals surface area contributed by atoms with E-state index in [-0.39, 0.29) is 30.4 Å². The number of anilines is 1. The molecule has 11 nitrogen and oxygen atoms in total. The minimum Gasteiger partial charge on any atom is -0.458 e. The number of non-ortho nitro benzene ring substituents is 1.